The van der Waals surface area contributed by atoms with Crippen LogP contribution < -0.4 is 14.8 Å². The Bertz CT molecular complexity index is 780. The molecule has 8 heteroatoms. The lowest BCUT2D eigenvalue weighted by Gasteiger charge is -2.13. The molecule has 146 valence electrons. The number of nitrogens with zero attached hydrogens (tertiary/aromatic N) is 1. The van der Waals surface area contributed by atoms with Crippen LogP contribution in [-0.4, -0.2) is 36.9 Å². The summed E-state index contributed by atoms with van der Waals surface area (Å²) >= 11 is 0. The molecule has 27 heavy (non-hydrogen) atoms. The number of carbonyl (C=O) groups is 2. The molecule has 2 rings (SSSR count). The van der Waals surface area contributed by atoms with Gasteiger partial charge in [0.05, 0.1) is 25.3 Å². The number of benzene rings is 1. The summed E-state index contributed by atoms with van der Waals surface area (Å²) in [4.78, 5) is 24.0. The first-order chi connectivity index (χ1) is 12.9. The number of aromatic nitrogens is 1. The number of hydrogen-bond acceptors (Lipinski definition) is 7. The normalized spacial score (nSPS) is 10.4. The maximum Gasteiger partial charge on any atom is 0.310 e. The van der Waals surface area contributed by atoms with E-state index in [1.165, 1.54) is 0 Å². The molecule has 1 amide bonds. The first-order valence-electron chi connectivity index (χ1n) is 8.71. The van der Waals surface area contributed by atoms with Crippen LogP contribution in [-0.2, 0) is 20.7 Å². The molecule has 2 aromatic rings. The summed E-state index contributed by atoms with van der Waals surface area (Å²) in [5.41, 5.74) is 1.83. The van der Waals surface area contributed by atoms with Gasteiger partial charge in [-0.25, -0.2) is 0 Å². The standard InChI is InChI=1S/C19H24N2O6/c1-5-24-16-8-7-14(9-17(16)25-6-2)20-18(22)11-26-19(23)10-15-12(3)21-27-13(15)4/h7-9H,5-6,10-11H2,1-4H3,(H,20,22). The minimum Gasteiger partial charge on any atom is -0.490 e. The molecule has 0 radical (unpaired) electrons. The molecule has 1 N–H and O–H groups in total. The number of rotatable bonds is 9. The third-order valence-corrected chi connectivity index (χ3v) is 3.69. The number of hydrogen-bond donors (Lipinski definition) is 1. The molecular formula is C19H24N2O6. The van der Waals surface area contributed by atoms with E-state index < -0.39 is 11.9 Å². The average molecular weight is 376 g/mol. The second-order valence-corrected chi connectivity index (χ2v) is 5.72. The highest BCUT2D eigenvalue weighted by Gasteiger charge is 2.16. The molecule has 0 spiro atoms. The predicted octanol–water partition coefficient (Wildman–Crippen LogP) is 2.81. The van der Waals surface area contributed by atoms with Gasteiger partial charge < -0.3 is 24.1 Å². The molecule has 0 atom stereocenters. The Kier molecular flexibility index (Phi) is 7.22. The number of carbonyl (C=O) groups excluding carboxylic acids is 2. The number of nitrogens with one attached hydrogen (secondary N) is 1. The lowest BCUT2D eigenvalue weighted by atomic mass is 10.1. The highest BCUT2D eigenvalue weighted by molar-refractivity contribution is 5.93. The van der Waals surface area contributed by atoms with Crippen LogP contribution in [0.1, 0.15) is 30.9 Å². The first kappa shape index (κ1) is 20.3. The van der Waals surface area contributed by atoms with E-state index >= 15 is 0 Å². The summed E-state index contributed by atoms with van der Waals surface area (Å²) in [7, 11) is 0. The monoisotopic (exact) mass is 376 g/mol. The number of anilines is 1. The highest BCUT2D eigenvalue weighted by Crippen LogP contribution is 2.30. The highest BCUT2D eigenvalue weighted by atomic mass is 16.5. The summed E-state index contributed by atoms with van der Waals surface area (Å²) < 4.78 is 21.0. The van der Waals surface area contributed by atoms with Crippen molar-refractivity contribution in [3.8, 4) is 11.5 Å². The van der Waals surface area contributed by atoms with E-state index in [1.807, 2.05) is 13.8 Å². The third kappa shape index (κ3) is 5.73. The van der Waals surface area contributed by atoms with Crippen molar-refractivity contribution in [3.05, 3.63) is 35.2 Å². The zero-order chi connectivity index (χ0) is 19.8. The van der Waals surface area contributed by atoms with E-state index in [0.29, 0.717) is 47.4 Å². The number of esters is 1. The van der Waals surface area contributed by atoms with Gasteiger partial charge in [0, 0.05) is 17.3 Å². The summed E-state index contributed by atoms with van der Waals surface area (Å²) in [5, 5.41) is 6.44. The van der Waals surface area contributed by atoms with Crippen LogP contribution in [0.5, 0.6) is 11.5 Å². The maximum atomic E-state index is 12.0. The Labute approximate surface area is 157 Å². The summed E-state index contributed by atoms with van der Waals surface area (Å²) in [6, 6.07) is 5.07. The summed E-state index contributed by atoms with van der Waals surface area (Å²) in [6.45, 7) is 7.79. The number of amides is 1. The minimum atomic E-state index is -0.527. The van der Waals surface area contributed by atoms with Crippen molar-refractivity contribution < 1.29 is 28.3 Å². The fraction of sp³-hybridized carbons (Fsp3) is 0.421. The van der Waals surface area contributed by atoms with Crippen LogP contribution in [0.4, 0.5) is 5.69 Å². The Hall–Kier alpha value is -3.03. The summed E-state index contributed by atoms with van der Waals surface area (Å²) in [5.74, 6) is 0.720. The van der Waals surface area contributed by atoms with Gasteiger partial charge in [-0.3, -0.25) is 9.59 Å². The van der Waals surface area contributed by atoms with Crippen LogP contribution >= 0.6 is 0 Å². The molecule has 1 aromatic heterocycles. The van der Waals surface area contributed by atoms with Crippen LogP contribution in [0.3, 0.4) is 0 Å². The van der Waals surface area contributed by atoms with Crippen molar-refractivity contribution in [1.29, 1.82) is 0 Å². The average Bonchev–Trinajstić information content (AvgIpc) is 2.94. The van der Waals surface area contributed by atoms with Crippen molar-refractivity contribution in [1.82, 2.24) is 5.16 Å². The zero-order valence-electron chi connectivity index (χ0n) is 16.0. The van der Waals surface area contributed by atoms with Gasteiger partial charge in [-0.2, -0.15) is 0 Å². The molecule has 0 saturated carbocycles. The van der Waals surface area contributed by atoms with Crippen molar-refractivity contribution in [2.45, 2.75) is 34.1 Å². The molecule has 1 aromatic carbocycles. The Balaban J connectivity index is 1.89. The Morgan fingerprint density at radius 1 is 1.11 bits per heavy atom. The largest absolute Gasteiger partial charge is 0.490 e. The van der Waals surface area contributed by atoms with E-state index in [0.717, 1.165) is 0 Å². The molecule has 0 aliphatic rings. The predicted molar refractivity (Wildman–Crippen MR) is 98.0 cm³/mol. The van der Waals surface area contributed by atoms with Gasteiger partial charge >= 0.3 is 5.97 Å². The molecule has 8 nitrogen and oxygen atoms in total. The molecular weight excluding hydrogens is 352 g/mol. The van der Waals surface area contributed by atoms with E-state index in [1.54, 1.807) is 32.0 Å². The lowest BCUT2D eigenvalue weighted by Crippen LogP contribution is -2.21. The van der Waals surface area contributed by atoms with Gasteiger partial charge in [0.2, 0.25) is 0 Å². The van der Waals surface area contributed by atoms with Crippen LogP contribution in [0.15, 0.2) is 22.7 Å². The fourth-order valence-corrected chi connectivity index (χ4v) is 2.42. The Morgan fingerprint density at radius 3 is 2.44 bits per heavy atom. The molecule has 0 unspecified atom stereocenters. The molecule has 0 saturated heterocycles. The van der Waals surface area contributed by atoms with Crippen molar-refractivity contribution in [2.24, 2.45) is 0 Å². The van der Waals surface area contributed by atoms with Crippen LogP contribution in [0.25, 0.3) is 0 Å². The van der Waals surface area contributed by atoms with Crippen molar-refractivity contribution in [3.63, 3.8) is 0 Å². The number of aryl methyl sites for hydroxylation is 2. The van der Waals surface area contributed by atoms with Crippen LogP contribution in [0, 0.1) is 13.8 Å². The molecule has 0 aliphatic heterocycles. The topological polar surface area (TPSA) is 99.9 Å². The van der Waals surface area contributed by atoms with Crippen molar-refractivity contribution >= 4 is 17.6 Å². The van der Waals surface area contributed by atoms with Gasteiger partial charge in [0.25, 0.3) is 5.91 Å². The van der Waals surface area contributed by atoms with Gasteiger partial charge in [0.15, 0.2) is 18.1 Å². The molecule has 0 bridgehead atoms. The maximum absolute atomic E-state index is 12.0. The van der Waals surface area contributed by atoms with Gasteiger partial charge in [-0.05, 0) is 39.8 Å². The smallest absolute Gasteiger partial charge is 0.310 e. The van der Waals surface area contributed by atoms with E-state index in [2.05, 4.69) is 10.5 Å². The fourth-order valence-electron chi connectivity index (χ4n) is 2.42. The number of ether oxygens (including phenoxy) is 3. The summed E-state index contributed by atoms with van der Waals surface area (Å²) in [6.07, 6.45) is 0.00594. The second-order valence-electron chi connectivity index (χ2n) is 5.72. The van der Waals surface area contributed by atoms with Gasteiger partial charge in [-0.1, -0.05) is 5.16 Å². The van der Waals surface area contributed by atoms with E-state index in [-0.39, 0.29) is 13.0 Å². The lowest BCUT2D eigenvalue weighted by molar-refractivity contribution is -0.146. The molecule has 1 heterocycles. The third-order valence-electron chi connectivity index (χ3n) is 3.69. The van der Waals surface area contributed by atoms with Gasteiger partial charge in [-0.15, -0.1) is 0 Å². The van der Waals surface area contributed by atoms with Gasteiger partial charge in [0.1, 0.15) is 5.76 Å². The van der Waals surface area contributed by atoms with E-state index in [4.69, 9.17) is 18.7 Å². The van der Waals surface area contributed by atoms with Crippen LogP contribution in [0.2, 0.25) is 0 Å². The second kappa shape index (κ2) is 9.61. The first-order valence-corrected chi connectivity index (χ1v) is 8.71. The minimum absolute atomic E-state index is 0.00594. The quantitative estimate of drug-likeness (QED) is 0.672. The Morgan fingerprint density at radius 2 is 1.81 bits per heavy atom. The van der Waals surface area contributed by atoms with Crippen molar-refractivity contribution in [2.75, 3.05) is 25.1 Å². The van der Waals surface area contributed by atoms with E-state index in [9.17, 15) is 9.59 Å². The zero-order valence-corrected chi connectivity index (χ0v) is 16.0. The molecule has 0 fully saturated rings. The SMILES string of the molecule is CCOc1ccc(NC(=O)COC(=O)Cc2c(C)noc2C)cc1OCC. The molecule has 0 aliphatic carbocycles.